The molecule has 0 aliphatic carbocycles. The highest BCUT2D eigenvalue weighted by Gasteiger charge is 2.19. The molecule has 3 rings (SSSR count). The number of benzene rings is 2. The molecule has 0 amide bonds. The van der Waals surface area contributed by atoms with Crippen LogP contribution in [0.3, 0.4) is 0 Å². The van der Waals surface area contributed by atoms with E-state index in [0.717, 1.165) is 47.0 Å². The largest absolute Gasteiger partial charge is 0.496 e. The van der Waals surface area contributed by atoms with Gasteiger partial charge in [0.2, 0.25) is 0 Å². The fourth-order valence-electron chi connectivity index (χ4n) is 3.27. The van der Waals surface area contributed by atoms with E-state index in [1.54, 1.807) is 7.11 Å². The second-order valence-electron chi connectivity index (χ2n) is 6.00. The van der Waals surface area contributed by atoms with Gasteiger partial charge in [0.15, 0.2) is 0 Å². The van der Waals surface area contributed by atoms with Crippen LogP contribution in [0, 0.1) is 0 Å². The molecule has 0 fully saturated rings. The van der Waals surface area contributed by atoms with E-state index in [0.29, 0.717) is 6.61 Å². The van der Waals surface area contributed by atoms with Crippen LogP contribution in [0.25, 0.3) is 11.1 Å². The predicted octanol–water partition coefficient (Wildman–Crippen LogP) is 3.77. The molecule has 0 unspecified atom stereocenters. The molecule has 132 valence electrons. The highest BCUT2D eigenvalue weighted by molar-refractivity contribution is 6.31. The van der Waals surface area contributed by atoms with Crippen LogP contribution in [0.2, 0.25) is 5.02 Å². The Hall–Kier alpha value is -2.04. The molecule has 0 radical (unpaired) electrons. The summed E-state index contributed by atoms with van der Waals surface area (Å²) in [5, 5.41) is 4.21. The number of ether oxygens (including phenoxy) is 2. The first-order valence-corrected chi connectivity index (χ1v) is 8.85. The van der Waals surface area contributed by atoms with Gasteiger partial charge in [0, 0.05) is 17.1 Å². The molecular weight excluding hydrogens is 338 g/mol. The number of methoxy groups -OCH3 is 1. The molecule has 0 bridgehead atoms. The predicted molar refractivity (Wildman–Crippen MR) is 99.2 cm³/mol. The number of carbonyl (C=O) groups excluding carboxylic acids is 1. The quantitative estimate of drug-likeness (QED) is 0.825. The summed E-state index contributed by atoms with van der Waals surface area (Å²) in [5.41, 5.74) is 5.36. The molecule has 1 aliphatic heterocycles. The molecule has 0 saturated heterocycles. The Morgan fingerprint density at radius 1 is 1.20 bits per heavy atom. The number of hydrogen-bond acceptors (Lipinski definition) is 4. The van der Waals surface area contributed by atoms with Crippen LogP contribution < -0.4 is 10.1 Å². The molecular formula is C20H22ClNO3. The molecule has 0 aromatic heterocycles. The van der Waals surface area contributed by atoms with Crippen molar-refractivity contribution in [3.8, 4) is 16.9 Å². The summed E-state index contributed by atoms with van der Waals surface area (Å²) in [4.78, 5) is 11.8. The molecule has 2 aromatic carbocycles. The lowest BCUT2D eigenvalue weighted by Crippen LogP contribution is -2.24. The maximum atomic E-state index is 11.8. The van der Waals surface area contributed by atoms with Crippen molar-refractivity contribution >= 4 is 17.6 Å². The van der Waals surface area contributed by atoms with E-state index in [9.17, 15) is 4.79 Å². The molecule has 4 nitrogen and oxygen atoms in total. The maximum Gasteiger partial charge on any atom is 0.310 e. The lowest BCUT2D eigenvalue weighted by atomic mass is 9.90. The third-order valence-electron chi connectivity index (χ3n) is 4.44. The third-order valence-corrected chi connectivity index (χ3v) is 4.79. The number of halogens is 1. The zero-order valence-corrected chi connectivity index (χ0v) is 15.3. The van der Waals surface area contributed by atoms with Crippen molar-refractivity contribution in [1.82, 2.24) is 5.32 Å². The Kier molecular flexibility index (Phi) is 5.61. The van der Waals surface area contributed by atoms with Crippen molar-refractivity contribution < 1.29 is 14.3 Å². The van der Waals surface area contributed by atoms with Gasteiger partial charge in [-0.3, -0.25) is 4.79 Å². The van der Waals surface area contributed by atoms with E-state index in [2.05, 4.69) is 5.32 Å². The van der Waals surface area contributed by atoms with Crippen LogP contribution in [0.4, 0.5) is 0 Å². The summed E-state index contributed by atoms with van der Waals surface area (Å²) in [5.74, 6) is 0.557. The van der Waals surface area contributed by atoms with E-state index in [1.165, 1.54) is 11.1 Å². The van der Waals surface area contributed by atoms with Crippen molar-refractivity contribution in [2.45, 2.75) is 26.3 Å². The van der Waals surface area contributed by atoms with E-state index in [1.807, 2.05) is 37.3 Å². The number of nitrogens with one attached hydrogen (secondary N) is 1. The Morgan fingerprint density at radius 3 is 2.80 bits per heavy atom. The molecule has 5 heteroatoms. The average Bonchev–Trinajstić information content (AvgIpc) is 2.62. The molecule has 1 aliphatic rings. The average molecular weight is 360 g/mol. The Bertz CT molecular complexity index is 789. The monoisotopic (exact) mass is 359 g/mol. The van der Waals surface area contributed by atoms with Crippen LogP contribution in [0.1, 0.15) is 23.6 Å². The second-order valence-corrected chi connectivity index (χ2v) is 6.40. The van der Waals surface area contributed by atoms with Gasteiger partial charge < -0.3 is 14.8 Å². The van der Waals surface area contributed by atoms with Crippen LogP contribution in [0.5, 0.6) is 5.75 Å². The van der Waals surface area contributed by atoms with Gasteiger partial charge in [0.05, 0.1) is 20.1 Å². The number of fused-ring (bicyclic) bond motifs is 1. The summed E-state index contributed by atoms with van der Waals surface area (Å²) in [7, 11) is 1.66. The van der Waals surface area contributed by atoms with E-state index in [-0.39, 0.29) is 12.4 Å². The van der Waals surface area contributed by atoms with Gasteiger partial charge in [-0.2, -0.15) is 0 Å². The standard InChI is InChI=1S/C20H22ClNO3/c1-3-25-20(23)11-13-4-7-19(24-2)16(10-13)14-5-6-18(21)15-8-9-22-12-17(14)15/h4-7,10,22H,3,8-9,11-12H2,1-2H3. The minimum absolute atomic E-state index is 0.224. The molecule has 0 saturated carbocycles. The van der Waals surface area contributed by atoms with E-state index >= 15 is 0 Å². The lowest BCUT2D eigenvalue weighted by Gasteiger charge is -2.23. The first-order valence-electron chi connectivity index (χ1n) is 8.48. The smallest absolute Gasteiger partial charge is 0.310 e. The van der Waals surface area contributed by atoms with E-state index in [4.69, 9.17) is 21.1 Å². The van der Waals surface area contributed by atoms with Crippen LogP contribution in [-0.4, -0.2) is 26.2 Å². The van der Waals surface area contributed by atoms with Crippen molar-refractivity contribution in [3.05, 3.63) is 52.0 Å². The van der Waals surface area contributed by atoms with Crippen molar-refractivity contribution in [2.24, 2.45) is 0 Å². The highest BCUT2D eigenvalue weighted by atomic mass is 35.5. The summed E-state index contributed by atoms with van der Waals surface area (Å²) in [6.45, 7) is 3.90. The fraction of sp³-hybridized carbons (Fsp3) is 0.350. The minimum Gasteiger partial charge on any atom is -0.496 e. The summed E-state index contributed by atoms with van der Waals surface area (Å²) >= 11 is 6.39. The van der Waals surface area contributed by atoms with Gasteiger partial charge in [-0.05, 0) is 60.3 Å². The van der Waals surface area contributed by atoms with Gasteiger partial charge in [0.1, 0.15) is 5.75 Å². The molecule has 1 heterocycles. The SMILES string of the molecule is CCOC(=O)Cc1ccc(OC)c(-c2ccc(Cl)c3c2CNCC3)c1. The minimum atomic E-state index is -0.224. The van der Waals surface area contributed by atoms with Gasteiger partial charge in [-0.25, -0.2) is 0 Å². The number of rotatable bonds is 5. The Morgan fingerprint density at radius 2 is 2.04 bits per heavy atom. The number of esters is 1. The van der Waals surface area contributed by atoms with Crippen molar-refractivity contribution in [2.75, 3.05) is 20.3 Å². The zero-order chi connectivity index (χ0) is 17.8. The van der Waals surface area contributed by atoms with Gasteiger partial charge in [0.25, 0.3) is 0 Å². The normalized spacial score (nSPS) is 13.2. The summed E-state index contributed by atoms with van der Waals surface area (Å²) in [6, 6.07) is 9.79. The number of hydrogen-bond donors (Lipinski definition) is 1. The second kappa shape index (κ2) is 7.89. The highest BCUT2D eigenvalue weighted by Crippen LogP contribution is 2.38. The third kappa shape index (κ3) is 3.80. The van der Waals surface area contributed by atoms with Gasteiger partial charge in [-0.15, -0.1) is 0 Å². The van der Waals surface area contributed by atoms with Crippen LogP contribution in [0.15, 0.2) is 30.3 Å². The topological polar surface area (TPSA) is 47.6 Å². The first-order chi connectivity index (χ1) is 12.1. The summed E-state index contributed by atoms with van der Waals surface area (Å²) in [6.07, 6.45) is 1.16. The van der Waals surface area contributed by atoms with Gasteiger partial charge in [-0.1, -0.05) is 23.7 Å². The Labute approximate surface area is 153 Å². The Balaban J connectivity index is 2.05. The van der Waals surface area contributed by atoms with Crippen molar-refractivity contribution in [3.63, 3.8) is 0 Å². The maximum absolute atomic E-state index is 11.8. The van der Waals surface area contributed by atoms with Crippen molar-refractivity contribution in [1.29, 1.82) is 0 Å². The lowest BCUT2D eigenvalue weighted by molar-refractivity contribution is -0.142. The number of carbonyl (C=O) groups is 1. The van der Waals surface area contributed by atoms with Crippen LogP contribution in [-0.2, 0) is 28.9 Å². The van der Waals surface area contributed by atoms with Crippen LogP contribution >= 0.6 is 11.6 Å². The van der Waals surface area contributed by atoms with E-state index < -0.39 is 0 Å². The molecule has 2 aromatic rings. The zero-order valence-electron chi connectivity index (χ0n) is 14.5. The summed E-state index contributed by atoms with van der Waals surface area (Å²) < 4.78 is 10.6. The van der Waals surface area contributed by atoms with Gasteiger partial charge >= 0.3 is 5.97 Å². The molecule has 0 atom stereocenters. The molecule has 1 N–H and O–H groups in total. The molecule has 0 spiro atoms. The fourth-order valence-corrected chi connectivity index (χ4v) is 3.54. The molecule has 25 heavy (non-hydrogen) atoms. The first kappa shape index (κ1) is 17.8.